The van der Waals surface area contributed by atoms with Crippen LogP contribution in [0, 0.1) is 0 Å². The Morgan fingerprint density at radius 2 is 2.00 bits per heavy atom. The minimum Gasteiger partial charge on any atom is -0.464 e. The molecule has 24 heavy (non-hydrogen) atoms. The van der Waals surface area contributed by atoms with E-state index in [0.29, 0.717) is 17.3 Å². The number of benzene rings is 1. The predicted octanol–water partition coefficient (Wildman–Crippen LogP) is 2.40. The summed E-state index contributed by atoms with van der Waals surface area (Å²) in [5, 5.41) is 2.75. The highest BCUT2D eigenvalue weighted by molar-refractivity contribution is 6.19. The highest BCUT2D eigenvalue weighted by atomic mass is 16.5. The molecule has 2 amide bonds. The minimum absolute atomic E-state index is 0.401. The molecule has 2 heterocycles. The third kappa shape index (κ3) is 2.60. The monoisotopic (exact) mass is 325 g/mol. The van der Waals surface area contributed by atoms with Gasteiger partial charge in [0.05, 0.1) is 0 Å². The number of rotatable bonds is 3. The summed E-state index contributed by atoms with van der Waals surface area (Å²) in [4.78, 5) is 30.8. The average molecular weight is 325 g/mol. The molecule has 0 radical (unpaired) electrons. The summed E-state index contributed by atoms with van der Waals surface area (Å²) in [7, 11) is 1.58. The second-order valence-corrected chi connectivity index (χ2v) is 5.83. The predicted molar refractivity (Wildman–Crippen MR) is 91.1 cm³/mol. The van der Waals surface area contributed by atoms with Gasteiger partial charge in [-0.3, -0.25) is 14.5 Å². The Labute approximate surface area is 140 Å². The van der Waals surface area contributed by atoms with E-state index in [2.05, 4.69) is 17.2 Å². The molecule has 1 aliphatic rings. The van der Waals surface area contributed by atoms with Gasteiger partial charge < -0.3 is 10.1 Å². The third-order valence-electron chi connectivity index (χ3n) is 4.15. The summed E-state index contributed by atoms with van der Waals surface area (Å²) in [6, 6.07) is 10.9. The van der Waals surface area contributed by atoms with Crippen molar-refractivity contribution >= 4 is 23.3 Å². The maximum Gasteiger partial charge on any atom is 0.281 e. The molecule has 124 valence electrons. The zero-order valence-electron chi connectivity index (χ0n) is 13.9. The van der Waals surface area contributed by atoms with Crippen LogP contribution in [0.15, 0.2) is 42.6 Å². The number of anilines is 2. The fourth-order valence-corrected chi connectivity index (χ4v) is 2.61. The van der Waals surface area contributed by atoms with Gasteiger partial charge in [0.1, 0.15) is 0 Å². The lowest BCUT2D eigenvalue weighted by Gasteiger charge is -2.36. The van der Waals surface area contributed by atoms with E-state index in [1.54, 1.807) is 25.4 Å². The number of ether oxygens (including phenoxy) is 1. The van der Waals surface area contributed by atoms with Crippen molar-refractivity contribution in [2.45, 2.75) is 25.9 Å². The summed E-state index contributed by atoms with van der Waals surface area (Å²) < 4.78 is 5.72. The molecule has 1 aromatic carbocycles. The van der Waals surface area contributed by atoms with Gasteiger partial charge in [-0.1, -0.05) is 19.1 Å². The maximum absolute atomic E-state index is 12.7. The number of fused-ring (bicyclic) bond motifs is 1. The highest BCUT2D eigenvalue weighted by Crippen LogP contribution is 2.35. The van der Waals surface area contributed by atoms with Crippen molar-refractivity contribution in [2.24, 2.45) is 0 Å². The van der Waals surface area contributed by atoms with Crippen LogP contribution in [-0.2, 0) is 16.0 Å². The molecule has 3 rings (SSSR count). The van der Waals surface area contributed by atoms with Crippen molar-refractivity contribution in [3.63, 3.8) is 0 Å². The largest absolute Gasteiger partial charge is 0.464 e. The van der Waals surface area contributed by atoms with Gasteiger partial charge in [0, 0.05) is 18.9 Å². The number of pyridine rings is 1. The van der Waals surface area contributed by atoms with Crippen LogP contribution in [0.2, 0.25) is 0 Å². The van der Waals surface area contributed by atoms with E-state index in [9.17, 15) is 9.59 Å². The number of amides is 2. The standard InChI is InChI=1S/C18H19N3O3/c1-4-12-7-9-13(10-8-12)20-16(22)18(2)17(23)21(3)15-14(24-18)6-5-11-19-15/h5-11H,4H2,1-3H3,(H,20,22)/t18-/m0/s1. The molecular weight excluding hydrogens is 306 g/mol. The zero-order valence-corrected chi connectivity index (χ0v) is 13.9. The Hall–Kier alpha value is -2.89. The summed E-state index contributed by atoms with van der Waals surface area (Å²) in [6.45, 7) is 3.53. The van der Waals surface area contributed by atoms with Crippen molar-refractivity contribution in [2.75, 3.05) is 17.3 Å². The number of hydrogen-bond donors (Lipinski definition) is 1. The van der Waals surface area contributed by atoms with Crippen LogP contribution in [0.1, 0.15) is 19.4 Å². The topological polar surface area (TPSA) is 71.5 Å². The van der Waals surface area contributed by atoms with Gasteiger partial charge >= 0.3 is 0 Å². The molecule has 1 aliphatic heterocycles. The van der Waals surface area contributed by atoms with Crippen LogP contribution >= 0.6 is 0 Å². The van der Waals surface area contributed by atoms with E-state index in [1.807, 2.05) is 24.3 Å². The van der Waals surface area contributed by atoms with Gasteiger partial charge in [-0.25, -0.2) is 4.98 Å². The molecule has 1 N–H and O–H groups in total. The minimum atomic E-state index is -1.64. The first-order chi connectivity index (χ1) is 11.5. The van der Waals surface area contributed by atoms with Crippen LogP contribution in [-0.4, -0.2) is 29.4 Å². The number of aromatic nitrogens is 1. The molecule has 1 atom stereocenters. The lowest BCUT2D eigenvalue weighted by molar-refractivity contribution is -0.145. The van der Waals surface area contributed by atoms with E-state index < -0.39 is 17.4 Å². The van der Waals surface area contributed by atoms with Gasteiger partial charge in [-0.15, -0.1) is 0 Å². The number of likely N-dealkylation sites (N-methyl/N-ethyl adjacent to an activating group) is 1. The summed E-state index contributed by atoms with van der Waals surface area (Å²) >= 11 is 0. The Balaban J connectivity index is 1.86. The summed E-state index contributed by atoms with van der Waals surface area (Å²) in [5.74, 6) is -0.173. The molecule has 2 aromatic rings. The van der Waals surface area contributed by atoms with Crippen molar-refractivity contribution < 1.29 is 14.3 Å². The Morgan fingerprint density at radius 1 is 1.29 bits per heavy atom. The molecule has 0 unspecified atom stereocenters. The van der Waals surface area contributed by atoms with Gasteiger partial charge in [0.15, 0.2) is 11.6 Å². The summed E-state index contributed by atoms with van der Waals surface area (Å²) in [5.41, 5.74) is 0.146. The van der Waals surface area contributed by atoms with E-state index >= 15 is 0 Å². The van der Waals surface area contributed by atoms with Crippen molar-refractivity contribution in [1.29, 1.82) is 0 Å². The second kappa shape index (κ2) is 5.96. The molecule has 0 saturated carbocycles. The first-order valence-electron chi connectivity index (χ1n) is 7.78. The number of carbonyl (C=O) groups is 2. The molecule has 0 fully saturated rings. The molecule has 0 bridgehead atoms. The summed E-state index contributed by atoms with van der Waals surface area (Å²) in [6.07, 6.45) is 2.49. The van der Waals surface area contributed by atoms with Crippen LogP contribution < -0.4 is 15.0 Å². The molecule has 6 nitrogen and oxygen atoms in total. The van der Waals surface area contributed by atoms with Gasteiger partial charge in [-0.2, -0.15) is 0 Å². The molecule has 0 spiro atoms. The number of nitrogens with zero attached hydrogens (tertiary/aromatic N) is 2. The third-order valence-corrected chi connectivity index (χ3v) is 4.15. The van der Waals surface area contributed by atoms with Crippen LogP contribution in [0.25, 0.3) is 0 Å². The molecular formula is C18H19N3O3. The van der Waals surface area contributed by atoms with Crippen molar-refractivity contribution in [1.82, 2.24) is 4.98 Å². The number of aryl methyl sites for hydroxylation is 1. The van der Waals surface area contributed by atoms with Crippen LogP contribution in [0.3, 0.4) is 0 Å². The van der Waals surface area contributed by atoms with Crippen LogP contribution in [0.4, 0.5) is 11.5 Å². The molecule has 0 saturated heterocycles. The number of hydrogen-bond acceptors (Lipinski definition) is 4. The Kier molecular flexibility index (Phi) is 3.97. The second-order valence-electron chi connectivity index (χ2n) is 5.83. The lowest BCUT2D eigenvalue weighted by Crippen LogP contribution is -2.60. The van der Waals surface area contributed by atoms with E-state index in [4.69, 9.17) is 4.74 Å². The highest BCUT2D eigenvalue weighted by Gasteiger charge is 2.50. The van der Waals surface area contributed by atoms with Gasteiger partial charge in [-0.05, 0) is 43.2 Å². The normalized spacial score (nSPS) is 19.5. The molecule has 6 heteroatoms. The first kappa shape index (κ1) is 16.0. The smallest absolute Gasteiger partial charge is 0.281 e. The van der Waals surface area contributed by atoms with E-state index in [-0.39, 0.29) is 0 Å². The number of carbonyl (C=O) groups excluding carboxylic acids is 2. The van der Waals surface area contributed by atoms with Crippen molar-refractivity contribution in [3.8, 4) is 5.75 Å². The molecule has 1 aromatic heterocycles. The van der Waals surface area contributed by atoms with Crippen molar-refractivity contribution in [3.05, 3.63) is 48.2 Å². The van der Waals surface area contributed by atoms with Gasteiger partial charge in [0.2, 0.25) is 0 Å². The quantitative estimate of drug-likeness (QED) is 0.880. The zero-order chi connectivity index (χ0) is 17.3. The fourth-order valence-electron chi connectivity index (χ4n) is 2.61. The SMILES string of the molecule is CCc1ccc(NC(=O)[C@]2(C)Oc3cccnc3N(C)C2=O)cc1. The van der Waals surface area contributed by atoms with Gasteiger partial charge in [0.25, 0.3) is 17.4 Å². The average Bonchev–Trinajstić information content (AvgIpc) is 2.60. The first-order valence-corrected chi connectivity index (χ1v) is 7.78. The fraction of sp³-hybridized carbons (Fsp3) is 0.278. The molecule has 0 aliphatic carbocycles. The van der Waals surface area contributed by atoms with Crippen LogP contribution in [0.5, 0.6) is 5.75 Å². The lowest BCUT2D eigenvalue weighted by atomic mass is 10.0. The van der Waals surface area contributed by atoms with E-state index in [0.717, 1.165) is 6.42 Å². The van der Waals surface area contributed by atoms with E-state index in [1.165, 1.54) is 17.4 Å². The number of nitrogens with one attached hydrogen (secondary N) is 1. The Bertz CT molecular complexity index is 788. The maximum atomic E-state index is 12.7. The Morgan fingerprint density at radius 3 is 2.67 bits per heavy atom.